The molecule has 180 valence electrons. The summed E-state index contributed by atoms with van der Waals surface area (Å²) in [5, 5.41) is 2.48. The minimum absolute atomic E-state index is 0.110. The van der Waals surface area contributed by atoms with Gasteiger partial charge in [-0.15, -0.1) is 0 Å². The SMILES string of the molecule is CC(=N[C@H](C)C1C2CC3CC(C2)CC1C3)c1c(C(F)(F)F)[nH]n(-c2nc3ccccc3s2)c1=O. The van der Waals surface area contributed by atoms with E-state index in [0.29, 0.717) is 23.3 Å². The van der Waals surface area contributed by atoms with Crippen LogP contribution in [0.25, 0.3) is 15.3 Å². The molecule has 9 heteroatoms. The number of alkyl halides is 3. The molecule has 0 amide bonds. The van der Waals surface area contributed by atoms with Crippen LogP contribution in [-0.2, 0) is 6.18 Å². The van der Waals surface area contributed by atoms with E-state index in [1.807, 2.05) is 19.1 Å². The van der Waals surface area contributed by atoms with Gasteiger partial charge in [0.05, 0.1) is 21.8 Å². The van der Waals surface area contributed by atoms with Gasteiger partial charge in [-0.05, 0) is 87.7 Å². The van der Waals surface area contributed by atoms with Crippen LogP contribution < -0.4 is 5.56 Å². The first-order chi connectivity index (χ1) is 16.2. The number of nitrogens with zero attached hydrogens (tertiary/aromatic N) is 3. The number of fused-ring (bicyclic) bond motifs is 1. The normalized spacial score (nSPS) is 29.8. The molecule has 34 heavy (non-hydrogen) atoms. The number of rotatable bonds is 4. The molecule has 0 aliphatic heterocycles. The summed E-state index contributed by atoms with van der Waals surface area (Å²) >= 11 is 1.17. The summed E-state index contributed by atoms with van der Waals surface area (Å²) in [6, 6.07) is 7.12. The molecule has 0 radical (unpaired) electrons. The van der Waals surface area contributed by atoms with Crippen LogP contribution >= 0.6 is 11.3 Å². The molecule has 1 N–H and O–H groups in total. The molecule has 7 rings (SSSR count). The van der Waals surface area contributed by atoms with E-state index in [-0.39, 0.29) is 16.9 Å². The molecule has 1 atom stereocenters. The molecular formula is C25H27F3N4OS. The van der Waals surface area contributed by atoms with Gasteiger partial charge in [-0.1, -0.05) is 23.5 Å². The average Bonchev–Trinajstić information content (AvgIpc) is 3.33. The van der Waals surface area contributed by atoms with Gasteiger partial charge in [0, 0.05) is 5.71 Å². The van der Waals surface area contributed by atoms with E-state index in [4.69, 9.17) is 4.99 Å². The van der Waals surface area contributed by atoms with Crippen molar-refractivity contribution in [3.05, 3.63) is 45.9 Å². The maximum absolute atomic E-state index is 14.0. The Morgan fingerprint density at radius 2 is 1.79 bits per heavy atom. The minimum Gasteiger partial charge on any atom is -0.286 e. The zero-order valence-electron chi connectivity index (χ0n) is 19.1. The maximum atomic E-state index is 14.0. The van der Waals surface area contributed by atoms with Gasteiger partial charge in [0.1, 0.15) is 0 Å². The highest BCUT2D eigenvalue weighted by molar-refractivity contribution is 7.20. The van der Waals surface area contributed by atoms with Crippen molar-refractivity contribution in [1.29, 1.82) is 0 Å². The molecule has 4 saturated carbocycles. The second kappa shape index (κ2) is 7.80. The predicted molar refractivity (Wildman–Crippen MR) is 127 cm³/mol. The summed E-state index contributed by atoms with van der Waals surface area (Å²) in [6.45, 7) is 3.55. The number of aromatic amines is 1. The molecule has 0 spiro atoms. The molecule has 3 aromatic rings. The van der Waals surface area contributed by atoms with Crippen molar-refractivity contribution in [2.45, 2.75) is 58.2 Å². The number of H-pyrrole nitrogens is 1. The summed E-state index contributed by atoms with van der Waals surface area (Å²) in [7, 11) is 0. The second-order valence-electron chi connectivity index (χ2n) is 10.4. The van der Waals surface area contributed by atoms with E-state index in [2.05, 4.69) is 10.1 Å². The number of para-hydroxylation sites is 1. The fourth-order valence-electron chi connectivity index (χ4n) is 7.28. The van der Waals surface area contributed by atoms with Crippen LogP contribution in [0.4, 0.5) is 13.2 Å². The number of aromatic nitrogens is 3. The summed E-state index contributed by atoms with van der Waals surface area (Å²) < 4.78 is 43.7. The monoisotopic (exact) mass is 488 g/mol. The molecule has 0 saturated heterocycles. The summed E-state index contributed by atoms with van der Waals surface area (Å²) in [6.07, 6.45) is 1.52. The lowest BCUT2D eigenvalue weighted by molar-refractivity contribution is -0.141. The van der Waals surface area contributed by atoms with Crippen LogP contribution in [0.1, 0.15) is 57.2 Å². The molecule has 4 fully saturated rings. The van der Waals surface area contributed by atoms with E-state index < -0.39 is 23.0 Å². The van der Waals surface area contributed by atoms with Crippen molar-refractivity contribution in [1.82, 2.24) is 14.8 Å². The Labute approximate surface area is 199 Å². The molecule has 2 aromatic heterocycles. The topological polar surface area (TPSA) is 63.0 Å². The molecule has 5 nitrogen and oxygen atoms in total. The lowest BCUT2D eigenvalue weighted by Gasteiger charge is -2.55. The Kier molecular flexibility index (Phi) is 5.06. The second-order valence-corrected chi connectivity index (χ2v) is 11.4. The minimum atomic E-state index is -4.71. The Balaban J connectivity index is 1.38. The van der Waals surface area contributed by atoms with E-state index in [1.54, 1.807) is 12.1 Å². The number of hydrogen-bond donors (Lipinski definition) is 1. The summed E-state index contributed by atoms with van der Waals surface area (Å²) in [5.74, 6) is 3.24. The molecule has 2 heterocycles. The Morgan fingerprint density at radius 1 is 1.15 bits per heavy atom. The summed E-state index contributed by atoms with van der Waals surface area (Å²) in [4.78, 5) is 22.4. The average molecular weight is 489 g/mol. The number of aliphatic imine (C=N–C) groups is 1. The molecule has 1 aromatic carbocycles. The van der Waals surface area contributed by atoms with Crippen LogP contribution in [0.15, 0.2) is 34.1 Å². The highest BCUT2D eigenvalue weighted by Gasteiger charge is 2.50. The van der Waals surface area contributed by atoms with Gasteiger partial charge >= 0.3 is 6.18 Å². The zero-order chi connectivity index (χ0) is 23.8. The number of thiazole rings is 1. The van der Waals surface area contributed by atoms with Crippen molar-refractivity contribution in [2.24, 2.45) is 34.6 Å². The van der Waals surface area contributed by atoms with Crippen LogP contribution in [-0.4, -0.2) is 26.5 Å². The van der Waals surface area contributed by atoms with Crippen molar-refractivity contribution < 1.29 is 13.2 Å². The first-order valence-electron chi connectivity index (χ1n) is 12.0. The third-order valence-corrected chi connectivity index (χ3v) is 9.29. The third kappa shape index (κ3) is 3.54. The smallest absolute Gasteiger partial charge is 0.286 e. The highest BCUT2D eigenvalue weighted by atomic mass is 32.1. The van der Waals surface area contributed by atoms with E-state index in [9.17, 15) is 18.0 Å². The number of halogens is 3. The van der Waals surface area contributed by atoms with Gasteiger partial charge in [0.15, 0.2) is 5.69 Å². The number of nitrogens with one attached hydrogen (secondary N) is 1. The quantitative estimate of drug-likeness (QED) is 0.454. The molecule has 4 aliphatic carbocycles. The van der Waals surface area contributed by atoms with Gasteiger partial charge in [0.2, 0.25) is 5.13 Å². The lowest BCUT2D eigenvalue weighted by atomic mass is 9.50. The first-order valence-corrected chi connectivity index (χ1v) is 12.8. The standard InChI is InChI=1S/C25H27F3N4OS/c1-12(20-16-8-14-7-15(10-16)11-17(20)9-14)29-13(2)21-22(25(26,27)28)31-32(23(21)33)24-30-18-5-3-4-6-19(18)34-24/h3-6,12,14-17,20,31H,7-11H2,1-2H3/t12-,14?,15?,16?,17?,20?/m1/s1. The first kappa shape index (κ1) is 22.1. The van der Waals surface area contributed by atoms with Crippen LogP contribution in [0.2, 0.25) is 0 Å². The fourth-order valence-corrected chi connectivity index (χ4v) is 8.20. The molecular weight excluding hydrogens is 461 g/mol. The highest BCUT2D eigenvalue weighted by Crippen LogP contribution is 2.57. The van der Waals surface area contributed by atoms with E-state index in [0.717, 1.165) is 21.2 Å². The van der Waals surface area contributed by atoms with Gasteiger partial charge in [-0.2, -0.15) is 17.9 Å². The van der Waals surface area contributed by atoms with E-state index >= 15 is 0 Å². The van der Waals surface area contributed by atoms with Crippen LogP contribution in [0.3, 0.4) is 0 Å². The summed E-state index contributed by atoms with van der Waals surface area (Å²) in [5.41, 5.74) is -1.43. The lowest BCUT2D eigenvalue weighted by Crippen LogP contribution is -2.48. The fraction of sp³-hybridized carbons (Fsp3) is 0.560. The van der Waals surface area contributed by atoms with Crippen molar-refractivity contribution >= 4 is 27.3 Å². The van der Waals surface area contributed by atoms with Crippen LogP contribution in [0, 0.1) is 29.6 Å². The molecule has 4 bridgehead atoms. The van der Waals surface area contributed by atoms with Gasteiger partial charge < -0.3 is 0 Å². The largest absolute Gasteiger partial charge is 0.433 e. The van der Waals surface area contributed by atoms with Crippen molar-refractivity contribution in [3.8, 4) is 5.13 Å². The Morgan fingerprint density at radius 3 is 2.41 bits per heavy atom. The third-order valence-electron chi connectivity index (χ3n) is 8.26. The van der Waals surface area contributed by atoms with Crippen molar-refractivity contribution in [2.75, 3.05) is 0 Å². The number of hydrogen-bond acceptors (Lipinski definition) is 4. The van der Waals surface area contributed by atoms with E-state index in [1.165, 1.54) is 50.4 Å². The maximum Gasteiger partial charge on any atom is 0.433 e. The van der Waals surface area contributed by atoms with Crippen molar-refractivity contribution in [3.63, 3.8) is 0 Å². The Hall–Kier alpha value is -2.42. The zero-order valence-corrected chi connectivity index (χ0v) is 19.9. The molecule has 0 unspecified atom stereocenters. The van der Waals surface area contributed by atoms with Gasteiger partial charge in [-0.3, -0.25) is 14.9 Å². The number of benzene rings is 1. The van der Waals surface area contributed by atoms with Crippen LogP contribution in [0.5, 0.6) is 0 Å². The molecule has 4 aliphatic rings. The Bertz CT molecular complexity index is 1270. The van der Waals surface area contributed by atoms with Gasteiger partial charge in [-0.25, -0.2) is 4.98 Å². The predicted octanol–water partition coefficient (Wildman–Crippen LogP) is 6.06. The van der Waals surface area contributed by atoms with Gasteiger partial charge in [0.25, 0.3) is 5.56 Å².